The number of hydrogen-bond donors (Lipinski definition) is 2. The predicted octanol–water partition coefficient (Wildman–Crippen LogP) is 3.33. The van der Waals surface area contributed by atoms with Crippen molar-refractivity contribution < 1.29 is 8.78 Å². The minimum Gasteiger partial charge on any atom is -0.367 e. The van der Waals surface area contributed by atoms with E-state index in [9.17, 15) is 8.78 Å². The number of hydrogen-bond acceptors (Lipinski definition) is 4. The van der Waals surface area contributed by atoms with Gasteiger partial charge in [-0.2, -0.15) is 5.10 Å². The summed E-state index contributed by atoms with van der Waals surface area (Å²) in [6.45, 7) is 4.27. The predicted molar refractivity (Wildman–Crippen MR) is 89.6 cm³/mol. The van der Waals surface area contributed by atoms with Gasteiger partial charge in [0.15, 0.2) is 5.82 Å². The van der Waals surface area contributed by atoms with Gasteiger partial charge in [0.05, 0.1) is 5.69 Å². The van der Waals surface area contributed by atoms with Crippen molar-refractivity contribution >= 4 is 5.82 Å². The summed E-state index contributed by atoms with van der Waals surface area (Å²) in [6.07, 6.45) is 0.727. The summed E-state index contributed by atoms with van der Waals surface area (Å²) < 4.78 is 28.4. The monoisotopic (exact) mass is 335 g/mol. The van der Waals surface area contributed by atoms with Gasteiger partial charge in [0, 0.05) is 31.1 Å². The molecule has 5 nitrogen and oxygen atoms in total. The fourth-order valence-electron chi connectivity index (χ4n) is 3.13. The second-order valence-corrected chi connectivity index (χ2v) is 6.54. The van der Waals surface area contributed by atoms with Crippen LogP contribution in [0.3, 0.4) is 0 Å². The standard InChI is InChI=1S/C17H23F2N5/c1-11-7-12(2)24(23-11)16-9-13(10-20)8-15(22-16)21-14-3-5-17(18,19)6-4-14/h7-9,14H,3-6,10,20H2,1-2H3,(H,21,22). The fourth-order valence-corrected chi connectivity index (χ4v) is 3.13. The molecular formula is C17H23F2N5. The minimum atomic E-state index is -2.53. The molecule has 0 bridgehead atoms. The molecule has 0 amide bonds. The van der Waals surface area contributed by atoms with Crippen LogP contribution in [-0.2, 0) is 6.54 Å². The van der Waals surface area contributed by atoms with Crippen LogP contribution in [0.5, 0.6) is 0 Å². The molecular weight excluding hydrogens is 312 g/mol. The Kier molecular flexibility index (Phi) is 4.54. The zero-order valence-electron chi connectivity index (χ0n) is 14.0. The summed E-state index contributed by atoms with van der Waals surface area (Å²) in [6, 6.07) is 5.77. The lowest BCUT2D eigenvalue weighted by atomic mass is 9.92. The first-order valence-corrected chi connectivity index (χ1v) is 8.25. The zero-order chi connectivity index (χ0) is 17.3. The van der Waals surface area contributed by atoms with Gasteiger partial charge in [-0.1, -0.05) is 0 Å². The summed E-state index contributed by atoms with van der Waals surface area (Å²) in [5, 5.41) is 7.74. The van der Waals surface area contributed by atoms with Crippen LogP contribution < -0.4 is 11.1 Å². The SMILES string of the molecule is Cc1cc(C)n(-c2cc(CN)cc(NC3CCC(F)(F)CC3)n2)n1. The van der Waals surface area contributed by atoms with Crippen molar-refractivity contribution in [3.63, 3.8) is 0 Å². The van der Waals surface area contributed by atoms with Crippen molar-refractivity contribution in [3.05, 3.63) is 35.2 Å². The number of nitrogens with one attached hydrogen (secondary N) is 1. The van der Waals surface area contributed by atoms with Gasteiger partial charge in [-0.25, -0.2) is 18.4 Å². The summed E-state index contributed by atoms with van der Waals surface area (Å²) in [5.74, 6) is -1.18. The Labute approximate surface area is 140 Å². The third kappa shape index (κ3) is 3.72. The number of nitrogens with zero attached hydrogens (tertiary/aromatic N) is 3. The van der Waals surface area contributed by atoms with Crippen molar-refractivity contribution in [2.75, 3.05) is 5.32 Å². The minimum absolute atomic E-state index is 0.0125. The molecule has 7 heteroatoms. The van der Waals surface area contributed by atoms with Crippen LogP contribution in [0.25, 0.3) is 5.82 Å². The molecule has 2 heterocycles. The lowest BCUT2D eigenvalue weighted by Crippen LogP contribution is -2.32. The summed E-state index contributed by atoms with van der Waals surface area (Å²) >= 11 is 0. The van der Waals surface area contributed by atoms with Gasteiger partial charge in [0.2, 0.25) is 5.92 Å². The van der Waals surface area contributed by atoms with Crippen LogP contribution in [0.2, 0.25) is 0 Å². The van der Waals surface area contributed by atoms with E-state index in [2.05, 4.69) is 15.4 Å². The molecule has 0 spiro atoms. The van der Waals surface area contributed by atoms with Crippen LogP contribution in [-0.4, -0.2) is 26.7 Å². The average molecular weight is 335 g/mol. The van der Waals surface area contributed by atoms with Crippen molar-refractivity contribution in [2.24, 2.45) is 5.73 Å². The van der Waals surface area contributed by atoms with Crippen LogP contribution in [0.4, 0.5) is 14.6 Å². The highest BCUT2D eigenvalue weighted by atomic mass is 19.3. The van der Waals surface area contributed by atoms with E-state index in [1.54, 1.807) is 4.68 Å². The third-order valence-electron chi connectivity index (χ3n) is 4.40. The Bertz CT molecular complexity index is 716. The van der Waals surface area contributed by atoms with Gasteiger partial charge in [-0.3, -0.25) is 0 Å². The van der Waals surface area contributed by atoms with Crippen LogP contribution in [0, 0.1) is 13.8 Å². The van der Waals surface area contributed by atoms with Crippen LogP contribution >= 0.6 is 0 Å². The molecule has 2 aromatic heterocycles. The Morgan fingerprint density at radius 1 is 1.25 bits per heavy atom. The summed E-state index contributed by atoms with van der Waals surface area (Å²) in [4.78, 5) is 4.60. The van der Waals surface area contributed by atoms with Crippen LogP contribution in [0.1, 0.15) is 42.6 Å². The maximum Gasteiger partial charge on any atom is 0.248 e. The molecule has 1 aliphatic rings. The van der Waals surface area contributed by atoms with Crippen molar-refractivity contribution in [1.82, 2.24) is 14.8 Å². The highest BCUT2D eigenvalue weighted by Gasteiger charge is 2.34. The van der Waals surface area contributed by atoms with Gasteiger partial charge >= 0.3 is 0 Å². The first kappa shape index (κ1) is 16.8. The quantitative estimate of drug-likeness (QED) is 0.899. The molecule has 130 valence electrons. The molecule has 0 radical (unpaired) electrons. The third-order valence-corrected chi connectivity index (χ3v) is 4.40. The molecule has 3 N–H and O–H groups in total. The number of aryl methyl sites for hydroxylation is 2. The van der Waals surface area contributed by atoms with Gasteiger partial charge in [-0.15, -0.1) is 0 Å². The molecule has 24 heavy (non-hydrogen) atoms. The highest BCUT2D eigenvalue weighted by Crippen LogP contribution is 2.34. The number of nitrogens with two attached hydrogens (primary N) is 1. The number of anilines is 1. The zero-order valence-corrected chi connectivity index (χ0v) is 14.0. The molecule has 3 rings (SSSR count). The second kappa shape index (κ2) is 6.47. The van der Waals surface area contributed by atoms with E-state index in [4.69, 9.17) is 5.73 Å². The molecule has 0 saturated heterocycles. The van der Waals surface area contributed by atoms with Crippen molar-refractivity contribution in [1.29, 1.82) is 0 Å². The smallest absolute Gasteiger partial charge is 0.248 e. The van der Waals surface area contributed by atoms with Gasteiger partial charge in [-0.05, 0) is 50.5 Å². The molecule has 1 fully saturated rings. The fraction of sp³-hybridized carbons (Fsp3) is 0.529. The lowest BCUT2D eigenvalue weighted by molar-refractivity contribution is -0.0361. The number of alkyl halides is 2. The van der Waals surface area contributed by atoms with E-state index < -0.39 is 5.92 Å². The normalized spacial score (nSPS) is 17.9. The van der Waals surface area contributed by atoms with E-state index in [0.717, 1.165) is 17.0 Å². The summed E-state index contributed by atoms with van der Waals surface area (Å²) in [5.41, 5.74) is 8.62. The highest BCUT2D eigenvalue weighted by molar-refractivity contribution is 5.45. The van der Waals surface area contributed by atoms with Crippen LogP contribution in [0.15, 0.2) is 18.2 Å². The molecule has 0 aromatic carbocycles. The first-order chi connectivity index (χ1) is 11.4. The van der Waals surface area contributed by atoms with Gasteiger partial charge in [0.25, 0.3) is 0 Å². The van der Waals surface area contributed by atoms with E-state index >= 15 is 0 Å². The number of rotatable bonds is 4. The molecule has 1 aliphatic carbocycles. The van der Waals surface area contributed by atoms with Gasteiger partial charge in [0.1, 0.15) is 5.82 Å². The lowest BCUT2D eigenvalue weighted by Gasteiger charge is -2.29. The maximum absolute atomic E-state index is 13.3. The second-order valence-electron chi connectivity index (χ2n) is 6.54. The van der Waals surface area contributed by atoms with E-state index in [-0.39, 0.29) is 18.9 Å². The molecule has 0 aliphatic heterocycles. The average Bonchev–Trinajstić information content (AvgIpc) is 2.88. The van der Waals surface area contributed by atoms with Crippen molar-refractivity contribution in [2.45, 2.75) is 58.0 Å². The maximum atomic E-state index is 13.3. The Morgan fingerprint density at radius 2 is 1.96 bits per heavy atom. The molecule has 2 aromatic rings. The largest absolute Gasteiger partial charge is 0.367 e. The molecule has 1 saturated carbocycles. The van der Waals surface area contributed by atoms with E-state index in [1.807, 2.05) is 32.0 Å². The van der Waals surface area contributed by atoms with E-state index in [1.165, 1.54) is 0 Å². The van der Waals surface area contributed by atoms with Crippen molar-refractivity contribution in [3.8, 4) is 5.82 Å². The summed E-state index contributed by atoms with van der Waals surface area (Å²) in [7, 11) is 0. The number of halogens is 2. The Balaban J connectivity index is 1.83. The molecule has 0 unspecified atom stereocenters. The van der Waals surface area contributed by atoms with E-state index in [0.29, 0.717) is 31.0 Å². The first-order valence-electron chi connectivity index (χ1n) is 8.25. The topological polar surface area (TPSA) is 68.8 Å². The Hall–Kier alpha value is -2.02. The van der Waals surface area contributed by atoms with Gasteiger partial charge < -0.3 is 11.1 Å². The number of pyridine rings is 1. The Morgan fingerprint density at radius 3 is 2.54 bits per heavy atom. The number of aromatic nitrogens is 3. The molecule has 0 atom stereocenters.